The van der Waals surface area contributed by atoms with Crippen LogP contribution in [0.4, 0.5) is 0 Å². The van der Waals surface area contributed by atoms with Crippen LogP contribution in [0.3, 0.4) is 0 Å². The Kier molecular flexibility index (Phi) is 5.45. The molecule has 0 aliphatic carbocycles. The van der Waals surface area contributed by atoms with E-state index in [0.29, 0.717) is 5.75 Å². The fourth-order valence-electron chi connectivity index (χ4n) is 2.25. The molecule has 2 aromatic rings. The molecule has 3 heteroatoms. The lowest BCUT2D eigenvalue weighted by atomic mass is 10.00. The Morgan fingerprint density at radius 2 is 1.86 bits per heavy atom. The number of hydrogen-bond donors (Lipinski definition) is 1. The van der Waals surface area contributed by atoms with Crippen LogP contribution in [0, 0.1) is 13.8 Å². The van der Waals surface area contributed by atoms with Crippen molar-refractivity contribution in [3.05, 3.63) is 65.2 Å². The maximum Gasteiger partial charge on any atom is 0.230 e. The van der Waals surface area contributed by atoms with Crippen molar-refractivity contribution in [2.24, 2.45) is 0 Å². The smallest absolute Gasteiger partial charge is 0.230 e. The first kappa shape index (κ1) is 15.6. The SMILES string of the molecule is Cc1ccc(C)c([C@@H](C)NC(=O)CSc2ccccc2)c1. The summed E-state index contributed by atoms with van der Waals surface area (Å²) < 4.78 is 0. The zero-order valence-corrected chi connectivity index (χ0v) is 13.5. The van der Waals surface area contributed by atoms with Gasteiger partial charge in [0.25, 0.3) is 0 Å². The third-order valence-electron chi connectivity index (χ3n) is 3.39. The summed E-state index contributed by atoms with van der Waals surface area (Å²) in [4.78, 5) is 13.2. The Labute approximate surface area is 131 Å². The van der Waals surface area contributed by atoms with Gasteiger partial charge in [-0.3, -0.25) is 4.79 Å². The molecule has 0 radical (unpaired) electrons. The molecule has 0 unspecified atom stereocenters. The average Bonchev–Trinajstić information content (AvgIpc) is 2.48. The van der Waals surface area contributed by atoms with E-state index in [1.807, 2.05) is 37.3 Å². The summed E-state index contributed by atoms with van der Waals surface area (Å²) >= 11 is 1.56. The van der Waals surface area contributed by atoms with Crippen molar-refractivity contribution in [2.45, 2.75) is 31.7 Å². The summed E-state index contributed by atoms with van der Waals surface area (Å²) in [5, 5.41) is 3.07. The van der Waals surface area contributed by atoms with Gasteiger partial charge in [-0.15, -0.1) is 11.8 Å². The van der Waals surface area contributed by atoms with Crippen molar-refractivity contribution in [1.29, 1.82) is 0 Å². The van der Waals surface area contributed by atoms with Crippen molar-refractivity contribution < 1.29 is 4.79 Å². The number of carbonyl (C=O) groups excluding carboxylic acids is 1. The molecule has 2 aromatic carbocycles. The van der Waals surface area contributed by atoms with Crippen LogP contribution in [0.5, 0.6) is 0 Å². The first-order chi connectivity index (χ1) is 10.1. The van der Waals surface area contributed by atoms with Gasteiger partial charge in [0.05, 0.1) is 11.8 Å². The molecule has 110 valence electrons. The monoisotopic (exact) mass is 299 g/mol. The molecular weight excluding hydrogens is 278 g/mol. The van der Waals surface area contributed by atoms with Crippen molar-refractivity contribution in [3.63, 3.8) is 0 Å². The number of rotatable bonds is 5. The van der Waals surface area contributed by atoms with Gasteiger partial charge in [-0.25, -0.2) is 0 Å². The quantitative estimate of drug-likeness (QED) is 0.835. The van der Waals surface area contributed by atoms with Crippen LogP contribution in [0.15, 0.2) is 53.4 Å². The van der Waals surface area contributed by atoms with Gasteiger partial charge in [-0.1, -0.05) is 42.0 Å². The highest BCUT2D eigenvalue weighted by molar-refractivity contribution is 8.00. The highest BCUT2D eigenvalue weighted by atomic mass is 32.2. The number of aryl methyl sites for hydroxylation is 2. The molecule has 0 bridgehead atoms. The Morgan fingerprint density at radius 3 is 2.57 bits per heavy atom. The minimum absolute atomic E-state index is 0.0359. The average molecular weight is 299 g/mol. The molecule has 2 nitrogen and oxygen atoms in total. The Bertz CT molecular complexity index is 610. The second-order valence-electron chi connectivity index (χ2n) is 5.25. The van der Waals surface area contributed by atoms with Gasteiger partial charge in [-0.05, 0) is 44.0 Å². The third kappa shape index (κ3) is 4.64. The van der Waals surface area contributed by atoms with Crippen molar-refractivity contribution >= 4 is 17.7 Å². The molecule has 0 aliphatic rings. The molecule has 0 saturated carbocycles. The molecule has 2 rings (SSSR count). The Balaban J connectivity index is 1.91. The zero-order valence-electron chi connectivity index (χ0n) is 12.7. The Hall–Kier alpha value is -1.74. The van der Waals surface area contributed by atoms with Gasteiger partial charge < -0.3 is 5.32 Å². The predicted molar refractivity (Wildman–Crippen MR) is 89.6 cm³/mol. The van der Waals surface area contributed by atoms with Crippen LogP contribution in [-0.2, 0) is 4.79 Å². The molecule has 1 amide bonds. The van der Waals surface area contributed by atoms with E-state index in [1.165, 1.54) is 16.7 Å². The van der Waals surface area contributed by atoms with Crippen molar-refractivity contribution in [2.75, 3.05) is 5.75 Å². The first-order valence-electron chi connectivity index (χ1n) is 7.10. The molecule has 1 atom stereocenters. The molecule has 0 aliphatic heterocycles. The van der Waals surface area contributed by atoms with E-state index in [2.05, 4.69) is 37.4 Å². The van der Waals surface area contributed by atoms with E-state index in [4.69, 9.17) is 0 Å². The normalized spacial score (nSPS) is 12.0. The number of carbonyl (C=O) groups is 1. The predicted octanol–water partition coefficient (Wildman–Crippen LogP) is 4.27. The highest BCUT2D eigenvalue weighted by Gasteiger charge is 2.12. The van der Waals surface area contributed by atoms with Crippen LogP contribution >= 0.6 is 11.8 Å². The first-order valence-corrected chi connectivity index (χ1v) is 8.09. The zero-order chi connectivity index (χ0) is 15.2. The van der Waals surface area contributed by atoms with Crippen molar-refractivity contribution in [3.8, 4) is 0 Å². The van der Waals surface area contributed by atoms with Crippen LogP contribution in [-0.4, -0.2) is 11.7 Å². The minimum atomic E-state index is 0.0359. The number of hydrogen-bond acceptors (Lipinski definition) is 2. The fourth-order valence-corrected chi connectivity index (χ4v) is 2.98. The van der Waals surface area contributed by atoms with Crippen LogP contribution in [0.2, 0.25) is 0 Å². The number of amides is 1. The summed E-state index contributed by atoms with van der Waals surface area (Å²) in [6, 6.07) is 16.4. The standard InChI is InChI=1S/C18H21NOS/c1-13-9-10-14(2)17(11-13)15(3)19-18(20)12-21-16-7-5-4-6-8-16/h4-11,15H,12H2,1-3H3,(H,19,20)/t15-/m1/s1. The van der Waals surface area contributed by atoms with Crippen molar-refractivity contribution in [1.82, 2.24) is 5.32 Å². The van der Waals surface area contributed by atoms with E-state index in [-0.39, 0.29) is 11.9 Å². The number of thioether (sulfide) groups is 1. The lowest BCUT2D eigenvalue weighted by molar-refractivity contribution is -0.119. The van der Waals surface area contributed by atoms with Crippen LogP contribution in [0.25, 0.3) is 0 Å². The van der Waals surface area contributed by atoms with E-state index in [1.54, 1.807) is 11.8 Å². The third-order valence-corrected chi connectivity index (χ3v) is 4.40. The van der Waals surface area contributed by atoms with Gasteiger partial charge in [0, 0.05) is 4.90 Å². The van der Waals surface area contributed by atoms with Gasteiger partial charge in [0.2, 0.25) is 5.91 Å². The maximum absolute atomic E-state index is 12.1. The molecule has 0 aromatic heterocycles. The van der Waals surface area contributed by atoms with E-state index < -0.39 is 0 Å². The molecule has 0 fully saturated rings. The lowest BCUT2D eigenvalue weighted by Crippen LogP contribution is -2.28. The van der Waals surface area contributed by atoms with Gasteiger partial charge in [-0.2, -0.15) is 0 Å². The van der Waals surface area contributed by atoms with E-state index in [9.17, 15) is 4.79 Å². The molecule has 21 heavy (non-hydrogen) atoms. The van der Waals surface area contributed by atoms with Crippen LogP contribution < -0.4 is 5.32 Å². The summed E-state index contributed by atoms with van der Waals surface area (Å²) in [6.45, 7) is 6.19. The van der Waals surface area contributed by atoms with Gasteiger partial charge in [0.15, 0.2) is 0 Å². The van der Waals surface area contributed by atoms with Gasteiger partial charge >= 0.3 is 0 Å². The molecule has 0 heterocycles. The minimum Gasteiger partial charge on any atom is -0.349 e. The second-order valence-corrected chi connectivity index (χ2v) is 6.30. The maximum atomic E-state index is 12.1. The van der Waals surface area contributed by atoms with Crippen LogP contribution in [0.1, 0.15) is 29.7 Å². The van der Waals surface area contributed by atoms with E-state index in [0.717, 1.165) is 4.90 Å². The lowest BCUT2D eigenvalue weighted by Gasteiger charge is -2.17. The number of nitrogens with one attached hydrogen (secondary N) is 1. The molecule has 0 spiro atoms. The number of benzene rings is 2. The molecular formula is C18H21NOS. The summed E-state index contributed by atoms with van der Waals surface area (Å²) in [5.41, 5.74) is 3.62. The second kappa shape index (κ2) is 7.32. The summed E-state index contributed by atoms with van der Waals surface area (Å²) in [5.74, 6) is 0.511. The Morgan fingerprint density at radius 1 is 1.14 bits per heavy atom. The topological polar surface area (TPSA) is 29.1 Å². The highest BCUT2D eigenvalue weighted by Crippen LogP contribution is 2.20. The summed E-state index contributed by atoms with van der Waals surface area (Å²) in [6.07, 6.45) is 0. The van der Waals surface area contributed by atoms with Gasteiger partial charge in [0.1, 0.15) is 0 Å². The molecule has 0 saturated heterocycles. The summed E-state index contributed by atoms with van der Waals surface area (Å²) in [7, 11) is 0. The fraction of sp³-hybridized carbons (Fsp3) is 0.278. The largest absolute Gasteiger partial charge is 0.349 e. The molecule has 1 N–H and O–H groups in total. The van der Waals surface area contributed by atoms with E-state index >= 15 is 0 Å².